The molecule has 0 spiro atoms. The van der Waals surface area contributed by atoms with E-state index in [-0.39, 0.29) is 6.10 Å². The lowest BCUT2D eigenvalue weighted by Gasteiger charge is -2.16. The monoisotopic (exact) mass is 310 g/mol. The zero-order chi connectivity index (χ0) is 16.5. The van der Waals surface area contributed by atoms with E-state index in [9.17, 15) is 4.79 Å². The van der Waals surface area contributed by atoms with Crippen LogP contribution in [-0.2, 0) is 16.0 Å². The Balaban J connectivity index is 1.87. The van der Waals surface area contributed by atoms with Crippen LogP contribution < -0.4 is 4.74 Å². The van der Waals surface area contributed by atoms with Gasteiger partial charge in [0.05, 0.1) is 0 Å². The highest BCUT2D eigenvalue weighted by molar-refractivity contribution is 5.81. The Morgan fingerprint density at radius 3 is 2.35 bits per heavy atom. The van der Waals surface area contributed by atoms with Crippen molar-refractivity contribution < 1.29 is 14.3 Å². The number of hydrogen-bond acceptors (Lipinski definition) is 3. The van der Waals surface area contributed by atoms with E-state index in [0.29, 0.717) is 13.0 Å². The number of esters is 1. The van der Waals surface area contributed by atoms with Crippen LogP contribution in [0, 0.1) is 0 Å². The Hall–Kier alpha value is -2.55. The second-order valence-electron chi connectivity index (χ2n) is 5.29. The highest BCUT2D eigenvalue weighted by atomic mass is 16.6. The molecule has 23 heavy (non-hydrogen) atoms. The van der Waals surface area contributed by atoms with Crippen LogP contribution in [-0.4, -0.2) is 18.7 Å². The Kier molecular flexibility index (Phi) is 6.42. The third-order valence-electron chi connectivity index (χ3n) is 3.52. The predicted molar refractivity (Wildman–Crippen MR) is 91.6 cm³/mol. The minimum Gasteiger partial charge on any atom is -0.490 e. The first-order chi connectivity index (χ1) is 11.2. The van der Waals surface area contributed by atoms with E-state index >= 15 is 0 Å². The van der Waals surface area contributed by atoms with Gasteiger partial charge in [0, 0.05) is 6.08 Å². The van der Waals surface area contributed by atoms with Crippen LogP contribution in [0.15, 0.2) is 67.3 Å². The van der Waals surface area contributed by atoms with Crippen molar-refractivity contribution in [3.63, 3.8) is 0 Å². The fourth-order valence-electron chi connectivity index (χ4n) is 2.17. The third kappa shape index (κ3) is 5.62. The normalized spacial score (nSPS) is 11.5. The summed E-state index contributed by atoms with van der Waals surface area (Å²) < 4.78 is 10.9. The Morgan fingerprint density at radius 2 is 1.74 bits per heavy atom. The molecule has 3 heteroatoms. The van der Waals surface area contributed by atoms with Gasteiger partial charge >= 0.3 is 5.97 Å². The zero-order valence-corrected chi connectivity index (χ0v) is 13.4. The molecule has 0 aliphatic carbocycles. The van der Waals surface area contributed by atoms with Gasteiger partial charge in [-0.1, -0.05) is 56.0 Å². The lowest BCUT2D eigenvalue weighted by molar-refractivity contribution is -0.144. The van der Waals surface area contributed by atoms with Crippen LogP contribution in [0.5, 0.6) is 5.75 Å². The van der Waals surface area contributed by atoms with Gasteiger partial charge in [-0.3, -0.25) is 0 Å². The van der Waals surface area contributed by atoms with Gasteiger partial charge in [-0.2, -0.15) is 0 Å². The topological polar surface area (TPSA) is 35.5 Å². The van der Waals surface area contributed by atoms with Crippen LogP contribution in [0.25, 0.3) is 0 Å². The molecule has 0 N–H and O–H groups in total. The zero-order valence-electron chi connectivity index (χ0n) is 13.4. The molecule has 0 saturated carbocycles. The molecular weight excluding hydrogens is 288 g/mol. The molecule has 0 radical (unpaired) electrons. The Labute approximate surface area is 137 Å². The highest BCUT2D eigenvalue weighted by Crippen LogP contribution is 2.16. The number of carbonyl (C=O) groups excluding carboxylic acids is 1. The van der Waals surface area contributed by atoms with Crippen LogP contribution >= 0.6 is 0 Å². The Bertz CT molecular complexity index is 617. The molecule has 2 rings (SSSR count). The summed E-state index contributed by atoms with van der Waals surface area (Å²) in [4.78, 5) is 11.2. The van der Waals surface area contributed by atoms with Gasteiger partial charge in [-0.15, -0.1) is 0 Å². The van der Waals surface area contributed by atoms with E-state index in [1.165, 1.54) is 17.2 Å². The maximum absolute atomic E-state index is 11.2. The summed E-state index contributed by atoms with van der Waals surface area (Å²) in [6.07, 6.45) is 2.51. The maximum atomic E-state index is 11.2. The van der Waals surface area contributed by atoms with Gasteiger partial charge in [0.25, 0.3) is 0 Å². The highest BCUT2D eigenvalue weighted by Gasteiger charge is 2.11. The van der Waals surface area contributed by atoms with Gasteiger partial charge in [0.2, 0.25) is 0 Å². The summed E-state index contributed by atoms with van der Waals surface area (Å²) in [6, 6.07) is 18.3. The number of ether oxygens (including phenoxy) is 2. The van der Waals surface area contributed by atoms with Crippen LogP contribution in [0.3, 0.4) is 0 Å². The largest absolute Gasteiger partial charge is 0.490 e. The first-order valence-corrected chi connectivity index (χ1v) is 7.80. The van der Waals surface area contributed by atoms with Crippen molar-refractivity contribution in [2.24, 2.45) is 0 Å². The van der Waals surface area contributed by atoms with E-state index in [2.05, 4.69) is 30.8 Å². The summed E-state index contributed by atoms with van der Waals surface area (Å²) in [6.45, 7) is 5.69. The van der Waals surface area contributed by atoms with Crippen LogP contribution in [0.2, 0.25) is 0 Å². The minimum absolute atomic E-state index is 0.260. The van der Waals surface area contributed by atoms with Gasteiger partial charge in [0.15, 0.2) is 0 Å². The molecule has 0 aromatic heterocycles. The predicted octanol–water partition coefficient (Wildman–Crippen LogP) is 4.16. The van der Waals surface area contributed by atoms with E-state index in [4.69, 9.17) is 9.47 Å². The second-order valence-corrected chi connectivity index (χ2v) is 5.29. The molecule has 0 aliphatic heterocycles. The smallest absolute Gasteiger partial charge is 0.330 e. The summed E-state index contributed by atoms with van der Waals surface area (Å²) in [5, 5.41) is 0. The lowest BCUT2D eigenvalue weighted by Crippen LogP contribution is -2.23. The van der Waals surface area contributed by atoms with Gasteiger partial charge < -0.3 is 9.47 Å². The maximum Gasteiger partial charge on any atom is 0.330 e. The second kappa shape index (κ2) is 8.79. The van der Waals surface area contributed by atoms with E-state index < -0.39 is 5.97 Å². The molecule has 0 aliphatic rings. The molecule has 2 aromatic carbocycles. The molecule has 1 unspecified atom stereocenters. The first-order valence-electron chi connectivity index (χ1n) is 7.80. The van der Waals surface area contributed by atoms with Crippen molar-refractivity contribution in [3.05, 3.63) is 78.4 Å². The van der Waals surface area contributed by atoms with Crippen molar-refractivity contribution in [1.82, 2.24) is 0 Å². The standard InChI is InChI=1S/C20H22O3/c1-3-18(23-20(21)4-2)15-22-19-12-10-17(11-13-19)14-16-8-6-5-7-9-16/h4-13,18H,2-3,14-15H2,1H3. The van der Waals surface area contributed by atoms with Crippen molar-refractivity contribution in [2.45, 2.75) is 25.9 Å². The fraction of sp³-hybridized carbons (Fsp3) is 0.250. The van der Waals surface area contributed by atoms with Crippen molar-refractivity contribution in [1.29, 1.82) is 0 Å². The number of carbonyl (C=O) groups is 1. The summed E-state index contributed by atoms with van der Waals surface area (Å²) in [5.74, 6) is 0.355. The average Bonchev–Trinajstić information content (AvgIpc) is 2.60. The summed E-state index contributed by atoms with van der Waals surface area (Å²) in [5.41, 5.74) is 2.51. The molecule has 0 heterocycles. The molecular formula is C20H22O3. The molecule has 0 amide bonds. The van der Waals surface area contributed by atoms with Gasteiger partial charge in [0.1, 0.15) is 18.5 Å². The summed E-state index contributed by atoms with van der Waals surface area (Å²) in [7, 11) is 0. The number of rotatable bonds is 8. The number of benzene rings is 2. The SMILES string of the molecule is C=CC(=O)OC(CC)COc1ccc(Cc2ccccc2)cc1. The molecule has 0 bridgehead atoms. The van der Waals surface area contributed by atoms with E-state index in [1.54, 1.807) is 0 Å². The summed E-state index contributed by atoms with van der Waals surface area (Å²) >= 11 is 0. The quantitative estimate of drug-likeness (QED) is 0.542. The number of hydrogen-bond donors (Lipinski definition) is 0. The van der Waals surface area contributed by atoms with Crippen molar-refractivity contribution in [3.8, 4) is 5.75 Å². The third-order valence-corrected chi connectivity index (χ3v) is 3.52. The van der Waals surface area contributed by atoms with Crippen LogP contribution in [0.1, 0.15) is 24.5 Å². The first kappa shape index (κ1) is 16.8. The van der Waals surface area contributed by atoms with E-state index in [0.717, 1.165) is 12.2 Å². The lowest BCUT2D eigenvalue weighted by atomic mass is 10.1. The Morgan fingerprint density at radius 1 is 1.09 bits per heavy atom. The minimum atomic E-state index is -0.418. The van der Waals surface area contributed by atoms with Crippen molar-refractivity contribution in [2.75, 3.05) is 6.61 Å². The molecule has 0 saturated heterocycles. The fourth-order valence-corrected chi connectivity index (χ4v) is 2.17. The molecule has 1 atom stereocenters. The van der Waals surface area contributed by atoms with Crippen LogP contribution in [0.4, 0.5) is 0 Å². The molecule has 3 nitrogen and oxygen atoms in total. The van der Waals surface area contributed by atoms with Gasteiger partial charge in [-0.25, -0.2) is 4.79 Å². The van der Waals surface area contributed by atoms with E-state index in [1.807, 2.05) is 37.3 Å². The van der Waals surface area contributed by atoms with Crippen molar-refractivity contribution >= 4 is 5.97 Å². The molecule has 2 aromatic rings. The van der Waals surface area contributed by atoms with Gasteiger partial charge in [-0.05, 0) is 36.1 Å². The molecule has 120 valence electrons. The molecule has 0 fully saturated rings. The average molecular weight is 310 g/mol.